The molecule has 0 saturated carbocycles. The minimum atomic E-state index is -3.32. The van der Waals surface area contributed by atoms with Crippen molar-refractivity contribution in [2.24, 2.45) is 0 Å². The Labute approximate surface area is 213 Å². The third-order valence-corrected chi connectivity index (χ3v) is 8.74. The number of anilines is 1. The number of rotatable bonds is 3. The summed E-state index contributed by atoms with van der Waals surface area (Å²) in [7, 11) is -3.32. The van der Waals surface area contributed by atoms with Gasteiger partial charge < -0.3 is 9.64 Å². The average Bonchev–Trinajstić information content (AvgIpc) is 3.30. The van der Waals surface area contributed by atoms with E-state index in [2.05, 4.69) is 14.3 Å². The van der Waals surface area contributed by atoms with Crippen molar-refractivity contribution in [2.75, 3.05) is 24.2 Å². The van der Waals surface area contributed by atoms with Gasteiger partial charge in [-0.05, 0) is 18.2 Å². The van der Waals surface area contributed by atoms with E-state index in [1.807, 2.05) is 25.7 Å². The molecule has 4 heterocycles. The third kappa shape index (κ3) is 4.47. The molecule has 7 nitrogen and oxygen atoms in total. The second-order valence-corrected chi connectivity index (χ2v) is 13.3. The third-order valence-electron chi connectivity index (χ3n) is 6.84. The summed E-state index contributed by atoms with van der Waals surface area (Å²) in [4.78, 5) is 11.3. The number of alkyl halides is 2. The van der Waals surface area contributed by atoms with Crippen LogP contribution in [0.25, 0.3) is 11.3 Å². The molecule has 0 atom stereocenters. The Morgan fingerprint density at radius 1 is 1.11 bits per heavy atom. The van der Waals surface area contributed by atoms with Gasteiger partial charge in [-0.15, -0.1) is 0 Å². The summed E-state index contributed by atoms with van der Waals surface area (Å²) in [6.45, 7) is 6.94. The smallest absolute Gasteiger partial charge is 0.291 e. The molecule has 192 valence electrons. The summed E-state index contributed by atoms with van der Waals surface area (Å²) in [5.74, 6) is -1.93. The molecule has 2 aromatic heterocycles. The Morgan fingerprint density at radius 2 is 1.78 bits per heavy atom. The lowest BCUT2D eigenvalue weighted by Gasteiger charge is -2.48. The fraction of sp³-hybridized carbons (Fsp3) is 0.480. The van der Waals surface area contributed by atoms with Crippen LogP contribution in [0.5, 0.6) is 5.75 Å². The number of pyridine rings is 1. The number of benzene rings is 1. The number of hydrogen-bond acceptors (Lipinski definition) is 8. The molecule has 0 unspecified atom stereocenters. The number of ether oxygens (including phenoxy) is 1. The second kappa shape index (κ2) is 8.44. The Morgan fingerprint density at radius 3 is 2.36 bits per heavy atom. The molecule has 1 fully saturated rings. The first-order valence-corrected chi connectivity index (χ1v) is 14.4. The zero-order chi connectivity index (χ0) is 25.9. The Kier molecular flexibility index (Phi) is 5.86. The van der Waals surface area contributed by atoms with Gasteiger partial charge in [0.25, 0.3) is 5.92 Å². The van der Waals surface area contributed by atoms with Crippen LogP contribution >= 0.6 is 11.5 Å². The lowest BCUT2D eigenvalue weighted by molar-refractivity contribution is -0.185. The molecule has 1 aromatic carbocycles. The largest absolute Gasteiger partial charge is 0.479 e. The molecule has 36 heavy (non-hydrogen) atoms. The highest BCUT2D eigenvalue weighted by molar-refractivity contribution is 7.90. The topological polar surface area (TPSA) is 85.3 Å². The quantitative estimate of drug-likeness (QED) is 0.472. The van der Waals surface area contributed by atoms with Crippen molar-refractivity contribution in [2.45, 2.75) is 61.9 Å². The number of piperidine rings is 1. The van der Waals surface area contributed by atoms with Crippen LogP contribution in [0.1, 0.15) is 45.0 Å². The fourth-order valence-corrected chi connectivity index (χ4v) is 6.14. The van der Waals surface area contributed by atoms with Crippen molar-refractivity contribution >= 4 is 26.5 Å². The lowest BCUT2D eigenvalue weighted by Crippen LogP contribution is -2.61. The molecule has 5 rings (SSSR count). The minimum absolute atomic E-state index is 0.165. The lowest BCUT2D eigenvalue weighted by atomic mass is 9.80. The zero-order valence-corrected chi connectivity index (χ0v) is 22.2. The van der Waals surface area contributed by atoms with Gasteiger partial charge in [0.2, 0.25) is 5.13 Å². The SMILES string of the molecule is CC(C)(C)c1nsc(N2CCC3(CC2)Oc2cnc(-c4ccc(S(C)(=O)=O)cc4)cc2CC3(F)F)n1. The van der Waals surface area contributed by atoms with Gasteiger partial charge in [-0.2, -0.15) is 4.37 Å². The van der Waals surface area contributed by atoms with Crippen molar-refractivity contribution in [1.82, 2.24) is 14.3 Å². The highest BCUT2D eigenvalue weighted by Crippen LogP contribution is 2.49. The number of hydrogen-bond donors (Lipinski definition) is 0. The van der Waals surface area contributed by atoms with Crippen LogP contribution in [0.4, 0.5) is 13.9 Å². The van der Waals surface area contributed by atoms with E-state index in [9.17, 15) is 8.42 Å². The predicted octanol–water partition coefficient (Wildman–Crippen LogP) is 4.91. The highest BCUT2D eigenvalue weighted by atomic mass is 32.2. The van der Waals surface area contributed by atoms with Gasteiger partial charge in [-0.25, -0.2) is 22.2 Å². The molecule has 0 N–H and O–H groups in total. The van der Waals surface area contributed by atoms with Crippen LogP contribution < -0.4 is 9.64 Å². The summed E-state index contributed by atoms with van der Waals surface area (Å²) in [5, 5.41) is 0.752. The van der Waals surface area contributed by atoms with Gasteiger partial charge in [0.1, 0.15) is 11.6 Å². The summed E-state index contributed by atoms with van der Waals surface area (Å²) >= 11 is 1.30. The molecule has 3 aromatic rings. The minimum Gasteiger partial charge on any atom is -0.479 e. The number of halogens is 2. The van der Waals surface area contributed by atoms with Crippen molar-refractivity contribution < 1.29 is 21.9 Å². The molecule has 11 heteroatoms. The summed E-state index contributed by atoms with van der Waals surface area (Å²) < 4.78 is 65.0. The molecule has 0 amide bonds. The normalized spacial score (nSPS) is 19.1. The maximum absolute atomic E-state index is 15.6. The van der Waals surface area contributed by atoms with Crippen LogP contribution in [0.15, 0.2) is 41.4 Å². The standard InChI is InChI=1S/C25H28F2N4O3S2/c1-23(2,3)21-29-22(35-30-21)31-11-9-24(10-12-31)25(26,27)14-17-13-19(28-15-20(17)34-24)16-5-7-18(8-6-16)36(4,32)33/h5-8,13,15H,9-12,14H2,1-4H3. The molecular formula is C25H28F2N4O3S2. The van der Waals surface area contributed by atoms with Crippen LogP contribution in [-0.4, -0.2) is 53.6 Å². The van der Waals surface area contributed by atoms with E-state index in [0.29, 0.717) is 35.7 Å². The van der Waals surface area contributed by atoms with E-state index in [-0.39, 0.29) is 23.2 Å². The van der Waals surface area contributed by atoms with Crippen LogP contribution in [-0.2, 0) is 21.7 Å². The first kappa shape index (κ1) is 25.0. The Hall–Kier alpha value is -2.66. The Balaban J connectivity index is 1.35. The fourth-order valence-electron chi connectivity index (χ4n) is 4.61. The predicted molar refractivity (Wildman–Crippen MR) is 135 cm³/mol. The van der Waals surface area contributed by atoms with Crippen molar-refractivity contribution in [1.29, 1.82) is 0 Å². The summed E-state index contributed by atoms with van der Waals surface area (Å²) in [6, 6.07) is 7.84. The zero-order valence-electron chi connectivity index (χ0n) is 20.6. The molecular weight excluding hydrogens is 506 g/mol. The van der Waals surface area contributed by atoms with Crippen LogP contribution in [0.2, 0.25) is 0 Å². The Bertz CT molecular complexity index is 1390. The molecule has 0 aliphatic carbocycles. The van der Waals surface area contributed by atoms with Gasteiger partial charge in [-0.3, -0.25) is 4.98 Å². The maximum Gasteiger partial charge on any atom is 0.291 e. The monoisotopic (exact) mass is 534 g/mol. The van der Waals surface area contributed by atoms with Gasteiger partial charge >= 0.3 is 0 Å². The van der Waals surface area contributed by atoms with Crippen molar-refractivity contribution in [3.8, 4) is 17.0 Å². The van der Waals surface area contributed by atoms with Crippen molar-refractivity contribution in [3.05, 3.63) is 47.9 Å². The summed E-state index contributed by atoms with van der Waals surface area (Å²) in [6.07, 6.45) is 2.53. The van der Waals surface area contributed by atoms with Gasteiger partial charge in [-0.1, -0.05) is 32.9 Å². The van der Waals surface area contributed by atoms with E-state index in [1.165, 1.54) is 29.9 Å². The molecule has 1 saturated heterocycles. The molecule has 1 spiro atoms. The number of sulfone groups is 1. The first-order chi connectivity index (χ1) is 16.8. The maximum atomic E-state index is 15.6. The second-order valence-electron chi connectivity index (χ2n) is 10.6. The van der Waals surface area contributed by atoms with E-state index in [0.717, 1.165) is 17.2 Å². The van der Waals surface area contributed by atoms with Gasteiger partial charge in [0.05, 0.1) is 16.8 Å². The van der Waals surface area contributed by atoms with Gasteiger partial charge in [0.15, 0.2) is 15.4 Å². The van der Waals surface area contributed by atoms with Crippen LogP contribution in [0, 0.1) is 0 Å². The molecule has 0 bridgehead atoms. The van der Waals surface area contributed by atoms with Gasteiger partial charge in [0, 0.05) is 66.7 Å². The molecule has 2 aliphatic heterocycles. The average molecular weight is 535 g/mol. The van der Waals surface area contributed by atoms with Crippen LogP contribution in [0.3, 0.4) is 0 Å². The first-order valence-electron chi connectivity index (χ1n) is 11.7. The van der Waals surface area contributed by atoms with E-state index in [4.69, 9.17) is 4.74 Å². The van der Waals surface area contributed by atoms with E-state index < -0.39 is 27.8 Å². The van der Waals surface area contributed by atoms with E-state index >= 15 is 8.78 Å². The van der Waals surface area contributed by atoms with Crippen molar-refractivity contribution in [3.63, 3.8) is 0 Å². The van der Waals surface area contributed by atoms with E-state index in [1.54, 1.807) is 18.2 Å². The number of aromatic nitrogens is 3. The number of fused-ring (bicyclic) bond motifs is 1. The highest BCUT2D eigenvalue weighted by Gasteiger charge is 2.59. The molecule has 0 radical (unpaired) electrons. The summed E-state index contributed by atoms with van der Waals surface area (Å²) in [5.41, 5.74) is -0.229. The molecule has 2 aliphatic rings. The number of nitrogens with zero attached hydrogens (tertiary/aromatic N) is 4.